The molecule has 1 amide bonds. The summed E-state index contributed by atoms with van der Waals surface area (Å²) in [5, 5.41) is 7.72. The maximum Gasteiger partial charge on any atom is 0.261 e. The molecule has 7 nitrogen and oxygen atoms in total. The van der Waals surface area contributed by atoms with Crippen LogP contribution in [-0.4, -0.2) is 24.1 Å². The molecule has 3 rings (SSSR count). The van der Waals surface area contributed by atoms with Gasteiger partial charge in [-0.1, -0.05) is 61.3 Å². The zero-order chi connectivity index (χ0) is 23.8. The zero-order valence-electron chi connectivity index (χ0n) is 18.6. The first-order valence-electron chi connectivity index (χ1n) is 10.7. The number of benzene rings is 2. The molecule has 0 fully saturated rings. The lowest BCUT2D eigenvalue weighted by atomic mass is 10.2. The molecule has 9 heteroatoms. The molecule has 2 aromatic carbocycles. The molecule has 0 bridgehead atoms. The van der Waals surface area contributed by atoms with E-state index in [0.29, 0.717) is 22.0 Å². The molecule has 0 aliphatic carbocycles. The summed E-state index contributed by atoms with van der Waals surface area (Å²) < 4.78 is 29.6. The number of para-hydroxylation sites is 1. The van der Waals surface area contributed by atoms with Gasteiger partial charge in [-0.25, -0.2) is 8.42 Å². The third-order valence-corrected chi connectivity index (χ3v) is 6.78. The monoisotopic (exact) mass is 486 g/mol. The van der Waals surface area contributed by atoms with Crippen molar-refractivity contribution in [2.75, 3.05) is 4.72 Å². The van der Waals surface area contributed by atoms with E-state index in [1.165, 1.54) is 18.2 Å². The number of carbonyl (C=O) groups excluding carboxylic acids is 1. The molecule has 0 unspecified atom stereocenters. The van der Waals surface area contributed by atoms with Gasteiger partial charge in [0, 0.05) is 24.7 Å². The molecule has 0 radical (unpaired) electrons. The molecule has 0 atom stereocenters. The second-order valence-electron chi connectivity index (χ2n) is 7.49. The van der Waals surface area contributed by atoms with Crippen LogP contribution in [0.15, 0.2) is 65.6 Å². The molecule has 0 saturated carbocycles. The normalized spacial score (nSPS) is 11.6. The molecule has 0 aliphatic rings. The second-order valence-corrected chi connectivity index (χ2v) is 9.53. The van der Waals surface area contributed by atoms with Gasteiger partial charge in [-0.15, -0.1) is 0 Å². The number of unbranched alkanes of at least 4 members (excludes halogenated alkanes) is 1. The van der Waals surface area contributed by atoms with E-state index in [0.717, 1.165) is 25.1 Å². The molecule has 1 aromatic heterocycles. The topological polar surface area (TPSA) is 93.1 Å². The number of halogens is 1. The van der Waals surface area contributed by atoms with Crippen molar-refractivity contribution in [2.45, 2.75) is 44.7 Å². The summed E-state index contributed by atoms with van der Waals surface area (Å²) in [6.07, 6.45) is 5.05. The van der Waals surface area contributed by atoms with Crippen molar-refractivity contribution < 1.29 is 13.2 Å². The van der Waals surface area contributed by atoms with Crippen molar-refractivity contribution in [2.24, 2.45) is 0 Å². The summed E-state index contributed by atoms with van der Waals surface area (Å²) in [6, 6.07) is 15.0. The maximum absolute atomic E-state index is 12.7. The van der Waals surface area contributed by atoms with Crippen LogP contribution < -0.4 is 10.0 Å². The average Bonchev–Trinajstić information content (AvgIpc) is 3.08. The quantitative estimate of drug-likeness (QED) is 0.403. The number of aromatic nitrogens is 2. The van der Waals surface area contributed by atoms with Crippen LogP contribution >= 0.6 is 11.6 Å². The smallest absolute Gasteiger partial charge is 0.261 e. The van der Waals surface area contributed by atoms with Crippen molar-refractivity contribution in [3.8, 4) is 0 Å². The lowest BCUT2D eigenvalue weighted by Gasteiger charge is -2.13. The highest BCUT2D eigenvalue weighted by atomic mass is 35.5. The van der Waals surface area contributed by atoms with Crippen molar-refractivity contribution in [1.82, 2.24) is 15.1 Å². The molecule has 33 heavy (non-hydrogen) atoms. The van der Waals surface area contributed by atoms with E-state index in [1.807, 2.05) is 6.92 Å². The van der Waals surface area contributed by atoms with E-state index in [9.17, 15) is 13.2 Å². The average molecular weight is 487 g/mol. The summed E-state index contributed by atoms with van der Waals surface area (Å²) in [5.74, 6) is -0.326. The second kappa shape index (κ2) is 11.2. The summed E-state index contributed by atoms with van der Waals surface area (Å²) in [6.45, 7) is 4.83. The van der Waals surface area contributed by atoms with Gasteiger partial charge < -0.3 is 5.32 Å². The molecule has 3 aromatic rings. The lowest BCUT2D eigenvalue weighted by molar-refractivity contribution is -0.116. The van der Waals surface area contributed by atoms with Crippen LogP contribution in [0.1, 0.15) is 36.6 Å². The van der Waals surface area contributed by atoms with E-state index in [2.05, 4.69) is 22.1 Å². The van der Waals surface area contributed by atoms with Crippen molar-refractivity contribution in [1.29, 1.82) is 0 Å². The molecular weight excluding hydrogens is 460 g/mol. The number of sulfonamides is 1. The minimum absolute atomic E-state index is 0.152. The van der Waals surface area contributed by atoms with Gasteiger partial charge in [-0.3, -0.25) is 14.2 Å². The van der Waals surface area contributed by atoms with Crippen LogP contribution in [-0.2, 0) is 27.9 Å². The molecule has 0 saturated heterocycles. The van der Waals surface area contributed by atoms with Gasteiger partial charge in [0.2, 0.25) is 5.91 Å². The Labute approximate surface area is 199 Å². The Morgan fingerprint density at radius 2 is 1.82 bits per heavy atom. The number of nitrogens with one attached hydrogen (secondary N) is 2. The van der Waals surface area contributed by atoms with Crippen LogP contribution in [0.25, 0.3) is 6.08 Å². The Morgan fingerprint density at radius 1 is 1.12 bits per heavy atom. The fourth-order valence-corrected chi connectivity index (χ4v) is 4.63. The van der Waals surface area contributed by atoms with Crippen molar-refractivity contribution >= 4 is 39.3 Å². The molecule has 2 N–H and O–H groups in total. The largest absolute Gasteiger partial charge is 0.348 e. The van der Waals surface area contributed by atoms with Gasteiger partial charge >= 0.3 is 0 Å². The Morgan fingerprint density at radius 3 is 2.55 bits per heavy atom. The number of anilines is 1. The summed E-state index contributed by atoms with van der Waals surface area (Å²) >= 11 is 6.41. The van der Waals surface area contributed by atoms with Crippen molar-refractivity contribution in [3.05, 3.63) is 82.6 Å². The summed E-state index contributed by atoms with van der Waals surface area (Å²) in [7, 11) is -3.74. The van der Waals surface area contributed by atoms with Gasteiger partial charge in [-0.2, -0.15) is 5.10 Å². The number of amides is 1. The highest BCUT2D eigenvalue weighted by molar-refractivity contribution is 7.92. The standard InChI is InChI=1S/C24H27ClN4O3S/c1-3-4-16-29-24(25)21(18(2)27-29)14-15-23(30)26-17-19-10-8-9-13-22(19)28-33(31,32)20-11-6-5-7-12-20/h5-15,28H,3-4,16-17H2,1-2H3,(H,26,30). The molecule has 0 aliphatic heterocycles. The Hall–Kier alpha value is -3.10. The molecule has 174 valence electrons. The van der Waals surface area contributed by atoms with Gasteiger partial charge in [0.15, 0.2) is 0 Å². The highest BCUT2D eigenvalue weighted by Crippen LogP contribution is 2.22. The Kier molecular flexibility index (Phi) is 8.30. The molecule has 0 spiro atoms. The fourth-order valence-electron chi connectivity index (χ4n) is 3.19. The fraction of sp³-hybridized carbons (Fsp3) is 0.250. The first kappa shape index (κ1) is 24.5. The summed E-state index contributed by atoms with van der Waals surface area (Å²) in [5.41, 5.74) is 2.50. The molecular formula is C24H27ClN4O3S. The van der Waals surface area contributed by atoms with E-state index >= 15 is 0 Å². The number of hydrogen-bond acceptors (Lipinski definition) is 4. The first-order chi connectivity index (χ1) is 15.8. The number of rotatable bonds is 10. The minimum Gasteiger partial charge on any atom is -0.348 e. The lowest BCUT2D eigenvalue weighted by Crippen LogP contribution is -2.22. The Bertz CT molecular complexity index is 1240. The number of nitrogens with zero attached hydrogens (tertiary/aromatic N) is 2. The number of hydrogen-bond donors (Lipinski definition) is 2. The summed E-state index contributed by atoms with van der Waals surface area (Å²) in [4.78, 5) is 12.6. The van der Waals surface area contributed by atoms with Crippen LogP contribution in [0.2, 0.25) is 5.15 Å². The number of aryl methyl sites for hydroxylation is 2. The van der Waals surface area contributed by atoms with Crippen LogP contribution in [0.4, 0.5) is 5.69 Å². The van der Waals surface area contributed by atoms with E-state index < -0.39 is 10.0 Å². The zero-order valence-corrected chi connectivity index (χ0v) is 20.2. The first-order valence-corrected chi connectivity index (χ1v) is 12.5. The van der Waals surface area contributed by atoms with E-state index in [1.54, 1.807) is 53.2 Å². The molecule has 1 heterocycles. The highest BCUT2D eigenvalue weighted by Gasteiger charge is 2.16. The predicted octanol–water partition coefficient (Wildman–Crippen LogP) is 4.78. The third-order valence-electron chi connectivity index (χ3n) is 5.00. The van der Waals surface area contributed by atoms with Gasteiger partial charge in [-0.05, 0) is 43.2 Å². The van der Waals surface area contributed by atoms with E-state index in [-0.39, 0.29) is 17.3 Å². The van der Waals surface area contributed by atoms with Crippen molar-refractivity contribution in [3.63, 3.8) is 0 Å². The third kappa shape index (κ3) is 6.46. The van der Waals surface area contributed by atoms with Gasteiger partial charge in [0.1, 0.15) is 5.15 Å². The van der Waals surface area contributed by atoms with Gasteiger partial charge in [0.05, 0.1) is 16.3 Å². The van der Waals surface area contributed by atoms with Gasteiger partial charge in [0.25, 0.3) is 10.0 Å². The van der Waals surface area contributed by atoms with Crippen LogP contribution in [0.3, 0.4) is 0 Å². The van der Waals surface area contributed by atoms with E-state index in [4.69, 9.17) is 11.6 Å². The van der Waals surface area contributed by atoms with Crippen LogP contribution in [0, 0.1) is 6.92 Å². The SMILES string of the molecule is CCCCn1nc(C)c(C=CC(=O)NCc2ccccc2NS(=O)(=O)c2ccccc2)c1Cl. The number of carbonyl (C=O) groups is 1. The predicted molar refractivity (Wildman–Crippen MR) is 131 cm³/mol. The minimum atomic E-state index is -3.74. The van der Waals surface area contributed by atoms with Crippen LogP contribution in [0.5, 0.6) is 0 Å². The maximum atomic E-state index is 12.7. The Balaban J connectivity index is 1.66.